The van der Waals surface area contributed by atoms with Crippen molar-refractivity contribution in [3.8, 4) is 0 Å². The van der Waals surface area contributed by atoms with E-state index in [4.69, 9.17) is 5.73 Å². The molecule has 1 aliphatic heterocycles. The van der Waals surface area contributed by atoms with Crippen molar-refractivity contribution < 1.29 is 4.79 Å². The van der Waals surface area contributed by atoms with E-state index >= 15 is 0 Å². The maximum Gasteiger partial charge on any atom is 0.247 e. The zero-order valence-electron chi connectivity index (χ0n) is 11.2. The van der Waals surface area contributed by atoms with Gasteiger partial charge in [0.15, 0.2) is 0 Å². The average molecular weight is 248 g/mol. The Hall–Kier alpha value is -1.62. The van der Waals surface area contributed by atoms with E-state index in [0.29, 0.717) is 6.54 Å². The molecule has 1 aromatic rings. The van der Waals surface area contributed by atoms with Crippen LogP contribution in [-0.4, -0.2) is 41.5 Å². The lowest BCUT2D eigenvalue weighted by Crippen LogP contribution is -2.62. The van der Waals surface area contributed by atoms with Gasteiger partial charge < -0.3 is 15.5 Å². The predicted octanol–water partition coefficient (Wildman–Crippen LogP) is 0.597. The molecule has 0 radical (unpaired) electrons. The van der Waals surface area contributed by atoms with Crippen molar-refractivity contribution in [1.29, 1.82) is 0 Å². The lowest BCUT2D eigenvalue weighted by Gasteiger charge is -2.45. The van der Waals surface area contributed by atoms with Gasteiger partial charge in [-0.2, -0.15) is 0 Å². The summed E-state index contributed by atoms with van der Waals surface area (Å²) >= 11 is 0. The highest BCUT2D eigenvalue weighted by Gasteiger charge is 2.41. The highest BCUT2D eigenvalue weighted by Crippen LogP contribution is 2.27. The van der Waals surface area contributed by atoms with Gasteiger partial charge in [0.1, 0.15) is 11.4 Å². The maximum absolute atomic E-state index is 12.2. The molecular weight excluding hydrogens is 228 g/mol. The van der Waals surface area contributed by atoms with Crippen LogP contribution in [-0.2, 0) is 11.3 Å². The molecule has 0 aromatic carbocycles. The smallest absolute Gasteiger partial charge is 0.247 e. The second-order valence-corrected chi connectivity index (χ2v) is 5.16. The number of nitrogens with two attached hydrogens (primary N) is 1. The Balaban J connectivity index is 2.34. The van der Waals surface area contributed by atoms with Crippen LogP contribution < -0.4 is 10.6 Å². The van der Waals surface area contributed by atoms with E-state index < -0.39 is 5.54 Å². The normalized spacial score (nSPS) is 19.2. The molecule has 18 heavy (non-hydrogen) atoms. The van der Waals surface area contributed by atoms with Crippen LogP contribution in [0.1, 0.15) is 19.4 Å². The first-order valence-corrected chi connectivity index (χ1v) is 6.15. The molecule has 0 bridgehead atoms. The van der Waals surface area contributed by atoms with Crippen LogP contribution in [0, 0.1) is 0 Å². The second kappa shape index (κ2) is 4.57. The molecule has 0 aliphatic carbocycles. The van der Waals surface area contributed by atoms with Crippen LogP contribution in [0.25, 0.3) is 0 Å². The van der Waals surface area contributed by atoms with Crippen molar-refractivity contribution in [2.24, 2.45) is 5.73 Å². The number of nitrogens with zero attached hydrogens (tertiary/aromatic N) is 3. The summed E-state index contributed by atoms with van der Waals surface area (Å²) in [5, 5.41) is 0. The molecule has 2 rings (SSSR count). The Morgan fingerprint density at radius 2 is 2.17 bits per heavy atom. The van der Waals surface area contributed by atoms with E-state index in [9.17, 15) is 4.79 Å². The van der Waals surface area contributed by atoms with Crippen LogP contribution in [0.4, 0.5) is 5.82 Å². The summed E-state index contributed by atoms with van der Waals surface area (Å²) in [5.41, 5.74) is 6.11. The molecule has 2 heterocycles. The fourth-order valence-corrected chi connectivity index (χ4v) is 2.35. The lowest BCUT2D eigenvalue weighted by atomic mass is 9.97. The molecule has 1 saturated heterocycles. The zero-order valence-corrected chi connectivity index (χ0v) is 11.2. The van der Waals surface area contributed by atoms with Crippen molar-refractivity contribution in [2.45, 2.75) is 25.9 Å². The summed E-state index contributed by atoms with van der Waals surface area (Å²) < 4.78 is 0. The van der Waals surface area contributed by atoms with Gasteiger partial charge >= 0.3 is 0 Å². The summed E-state index contributed by atoms with van der Waals surface area (Å²) in [4.78, 5) is 20.4. The molecule has 0 unspecified atom stereocenters. The minimum absolute atomic E-state index is 0.119. The maximum atomic E-state index is 12.2. The van der Waals surface area contributed by atoms with Gasteiger partial charge in [0, 0.05) is 32.9 Å². The van der Waals surface area contributed by atoms with Gasteiger partial charge in [0.25, 0.3) is 0 Å². The summed E-state index contributed by atoms with van der Waals surface area (Å²) in [6, 6.07) is 3.86. The highest BCUT2D eigenvalue weighted by molar-refractivity contribution is 5.90. The minimum atomic E-state index is -0.562. The first kappa shape index (κ1) is 12.8. The van der Waals surface area contributed by atoms with E-state index in [-0.39, 0.29) is 5.91 Å². The van der Waals surface area contributed by atoms with E-state index in [2.05, 4.69) is 9.88 Å². The molecule has 1 aromatic heterocycles. The molecule has 5 heteroatoms. The number of hydrogen-bond donors (Lipinski definition) is 1. The SMILES string of the molecule is CN1CCN(c2cc(CN)ccn2)C(C)(C)C1=O. The molecule has 1 aliphatic rings. The fraction of sp³-hybridized carbons (Fsp3) is 0.538. The zero-order chi connectivity index (χ0) is 13.3. The third-order valence-corrected chi connectivity index (χ3v) is 3.53. The van der Waals surface area contributed by atoms with Gasteiger partial charge in [0.2, 0.25) is 5.91 Å². The number of amides is 1. The van der Waals surface area contributed by atoms with Crippen molar-refractivity contribution in [2.75, 3.05) is 25.0 Å². The van der Waals surface area contributed by atoms with E-state index in [1.165, 1.54) is 0 Å². The van der Waals surface area contributed by atoms with E-state index in [1.807, 2.05) is 33.0 Å². The molecular formula is C13H20N4O. The van der Waals surface area contributed by atoms with Gasteiger partial charge in [0.05, 0.1) is 0 Å². The van der Waals surface area contributed by atoms with Gasteiger partial charge in [-0.15, -0.1) is 0 Å². The summed E-state index contributed by atoms with van der Waals surface area (Å²) in [7, 11) is 1.84. The number of hydrogen-bond acceptors (Lipinski definition) is 4. The molecule has 0 saturated carbocycles. The van der Waals surface area contributed by atoms with E-state index in [1.54, 1.807) is 11.1 Å². The highest BCUT2D eigenvalue weighted by atomic mass is 16.2. The van der Waals surface area contributed by atoms with Crippen LogP contribution >= 0.6 is 0 Å². The number of aromatic nitrogens is 1. The van der Waals surface area contributed by atoms with Crippen molar-refractivity contribution in [1.82, 2.24) is 9.88 Å². The number of pyridine rings is 1. The summed E-state index contributed by atoms with van der Waals surface area (Å²) in [5.74, 6) is 0.943. The number of likely N-dealkylation sites (N-methyl/N-ethyl adjacent to an activating group) is 1. The Morgan fingerprint density at radius 1 is 1.44 bits per heavy atom. The number of carbonyl (C=O) groups excluding carboxylic acids is 1. The average Bonchev–Trinajstić information content (AvgIpc) is 2.36. The minimum Gasteiger partial charge on any atom is -0.342 e. The Kier molecular flexibility index (Phi) is 3.26. The molecule has 0 spiro atoms. The third-order valence-electron chi connectivity index (χ3n) is 3.53. The molecule has 1 fully saturated rings. The molecule has 2 N–H and O–H groups in total. The van der Waals surface area contributed by atoms with E-state index in [0.717, 1.165) is 24.5 Å². The van der Waals surface area contributed by atoms with Gasteiger partial charge in [-0.25, -0.2) is 4.98 Å². The molecule has 98 valence electrons. The molecule has 5 nitrogen and oxygen atoms in total. The van der Waals surface area contributed by atoms with Crippen molar-refractivity contribution in [3.05, 3.63) is 23.9 Å². The molecule has 0 atom stereocenters. The second-order valence-electron chi connectivity index (χ2n) is 5.16. The first-order chi connectivity index (χ1) is 8.46. The lowest BCUT2D eigenvalue weighted by molar-refractivity contribution is -0.136. The number of carbonyl (C=O) groups is 1. The van der Waals surface area contributed by atoms with Crippen molar-refractivity contribution in [3.63, 3.8) is 0 Å². The topological polar surface area (TPSA) is 62.5 Å². The van der Waals surface area contributed by atoms with Gasteiger partial charge in [-0.1, -0.05) is 0 Å². The summed E-state index contributed by atoms with van der Waals surface area (Å²) in [6.07, 6.45) is 1.75. The fourth-order valence-electron chi connectivity index (χ4n) is 2.35. The number of rotatable bonds is 2. The van der Waals surface area contributed by atoms with Crippen LogP contribution in [0.5, 0.6) is 0 Å². The predicted molar refractivity (Wildman–Crippen MR) is 71.2 cm³/mol. The van der Waals surface area contributed by atoms with Crippen molar-refractivity contribution >= 4 is 11.7 Å². The number of piperazine rings is 1. The van der Waals surface area contributed by atoms with Gasteiger partial charge in [-0.3, -0.25) is 4.79 Å². The summed E-state index contributed by atoms with van der Waals surface area (Å²) in [6.45, 7) is 5.86. The van der Waals surface area contributed by atoms with Crippen LogP contribution in [0.3, 0.4) is 0 Å². The standard InChI is InChI=1S/C13H20N4O/c1-13(2)12(18)16(3)6-7-17(13)11-8-10(9-14)4-5-15-11/h4-5,8H,6-7,9,14H2,1-3H3. The monoisotopic (exact) mass is 248 g/mol. The molecule has 1 amide bonds. The van der Waals surface area contributed by atoms with Crippen LogP contribution in [0.2, 0.25) is 0 Å². The van der Waals surface area contributed by atoms with Crippen LogP contribution in [0.15, 0.2) is 18.3 Å². The Bertz CT molecular complexity index is 458. The largest absolute Gasteiger partial charge is 0.342 e. The van der Waals surface area contributed by atoms with Gasteiger partial charge in [-0.05, 0) is 31.5 Å². The Morgan fingerprint density at radius 3 is 2.83 bits per heavy atom. The third kappa shape index (κ3) is 2.06. The quantitative estimate of drug-likeness (QED) is 0.832. The number of anilines is 1. The Labute approximate surface area is 108 Å². The first-order valence-electron chi connectivity index (χ1n) is 6.15.